The van der Waals surface area contributed by atoms with Gasteiger partial charge in [0.1, 0.15) is 30.7 Å². The Labute approximate surface area is 199 Å². The average molecular weight is 490 g/mol. The highest BCUT2D eigenvalue weighted by molar-refractivity contribution is 5.84. The number of aliphatic hydroxyl groups is 1. The molecule has 186 valence electrons. The van der Waals surface area contributed by atoms with Crippen LogP contribution >= 0.6 is 0 Å². The molecule has 4 heterocycles. The number of aromatic nitrogens is 2. The van der Waals surface area contributed by atoms with Gasteiger partial charge in [-0.15, -0.1) is 0 Å². The fourth-order valence-corrected chi connectivity index (χ4v) is 4.46. The molecule has 2 aliphatic heterocycles. The van der Waals surface area contributed by atoms with Gasteiger partial charge in [-0.2, -0.15) is 8.78 Å². The van der Waals surface area contributed by atoms with Crippen molar-refractivity contribution >= 4 is 11.6 Å². The van der Waals surface area contributed by atoms with Crippen LogP contribution in [0.1, 0.15) is 30.2 Å². The van der Waals surface area contributed by atoms with Crippen molar-refractivity contribution in [2.24, 2.45) is 0 Å². The fraction of sp³-hybridized carbons (Fsp3) is 0.417. The maximum absolute atomic E-state index is 15.1. The van der Waals surface area contributed by atoms with Crippen molar-refractivity contribution in [3.05, 3.63) is 59.8 Å². The lowest BCUT2D eigenvalue weighted by molar-refractivity contribution is -0.149. The minimum Gasteiger partial charge on any atom is -0.486 e. The number of carbonyl (C=O) groups is 1. The lowest BCUT2D eigenvalue weighted by atomic mass is 10.00. The molecular formula is C24H25F3N4O4. The predicted octanol–water partition coefficient (Wildman–Crippen LogP) is 2.65. The first kappa shape index (κ1) is 23.4. The topological polar surface area (TPSA) is 88.3 Å². The van der Waals surface area contributed by atoms with Crippen LogP contribution in [0.2, 0.25) is 0 Å². The highest BCUT2D eigenvalue weighted by Gasteiger charge is 2.45. The standard InChI is InChI=1S/C24H25F3N4O4/c25-16-11-15(12-18-22(16)35-10-9-34-18)21(32)17(13-30-6-3-4-7-30)28-23(33)24(26,27)19-14-31-8-2-1-5-20(31)29-19/h1-2,5,8,11-12,14,17,21,32H,3-4,6-7,9-10,13H2,(H,28,33)/t17-,21-/m1/s1. The van der Waals surface area contributed by atoms with Gasteiger partial charge in [-0.25, -0.2) is 9.37 Å². The molecule has 1 saturated heterocycles. The Morgan fingerprint density at radius 3 is 2.74 bits per heavy atom. The highest BCUT2D eigenvalue weighted by Crippen LogP contribution is 2.37. The number of alkyl halides is 2. The number of fused-ring (bicyclic) bond motifs is 2. The molecule has 11 heteroatoms. The number of amides is 1. The molecule has 0 saturated carbocycles. The second kappa shape index (κ2) is 9.38. The summed E-state index contributed by atoms with van der Waals surface area (Å²) in [5.41, 5.74) is -0.344. The van der Waals surface area contributed by atoms with E-state index in [4.69, 9.17) is 9.47 Å². The Hall–Kier alpha value is -3.31. The normalized spacial score (nSPS) is 17.9. The molecule has 2 aliphatic rings. The molecule has 1 fully saturated rings. The van der Waals surface area contributed by atoms with Crippen LogP contribution in [0.15, 0.2) is 42.7 Å². The molecule has 0 radical (unpaired) electrons. The zero-order valence-corrected chi connectivity index (χ0v) is 18.8. The van der Waals surface area contributed by atoms with Crippen molar-refractivity contribution < 1.29 is 32.5 Å². The van der Waals surface area contributed by atoms with E-state index in [-0.39, 0.29) is 42.5 Å². The summed E-state index contributed by atoms with van der Waals surface area (Å²) < 4.78 is 57.0. The van der Waals surface area contributed by atoms with Crippen LogP contribution in [-0.4, -0.2) is 64.2 Å². The number of pyridine rings is 1. The lowest BCUT2D eigenvalue weighted by Gasteiger charge is -2.30. The van der Waals surface area contributed by atoms with E-state index >= 15 is 8.78 Å². The molecule has 1 amide bonds. The molecule has 2 N–H and O–H groups in total. The SMILES string of the molecule is O=C(N[C@H](CN1CCCC1)[C@H](O)c1cc(F)c2c(c1)OCCO2)C(F)(F)c1cn2ccccc2n1. The summed E-state index contributed by atoms with van der Waals surface area (Å²) in [4.78, 5) is 18.6. The van der Waals surface area contributed by atoms with Crippen molar-refractivity contribution in [3.63, 3.8) is 0 Å². The molecule has 8 nitrogen and oxygen atoms in total. The number of hydrogen-bond acceptors (Lipinski definition) is 6. The molecule has 0 bridgehead atoms. The third kappa shape index (κ3) is 4.65. The van der Waals surface area contributed by atoms with E-state index in [1.54, 1.807) is 24.4 Å². The number of carbonyl (C=O) groups excluding carboxylic acids is 1. The number of aliphatic hydroxyl groups excluding tert-OH is 1. The molecule has 3 aromatic rings. The van der Waals surface area contributed by atoms with Crippen LogP contribution in [-0.2, 0) is 10.7 Å². The summed E-state index contributed by atoms with van der Waals surface area (Å²) in [5, 5.41) is 13.4. The van der Waals surface area contributed by atoms with Crippen LogP contribution in [0.3, 0.4) is 0 Å². The molecule has 0 aliphatic carbocycles. The third-order valence-electron chi connectivity index (χ3n) is 6.28. The largest absolute Gasteiger partial charge is 0.486 e. The van der Waals surface area contributed by atoms with Crippen LogP contribution < -0.4 is 14.8 Å². The Bertz CT molecular complexity index is 1200. The number of halogens is 3. The van der Waals surface area contributed by atoms with Crippen molar-refractivity contribution in [2.45, 2.75) is 30.9 Å². The van der Waals surface area contributed by atoms with Crippen LogP contribution in [0.5, 0.6) is 11.5 Å². The highest BCUT2D eigenvalue weighted by atomic mass is 19.3. The van der Waals surface area contributed by atoms with E-state index in [0.29, 0.717) is 13.1 Å². The number of ether oxygens (including phenoxy) is 2. The van der Waals surface area contributed by atoms with Crippen LogP contribution in [0.25, 0.3) is 5.65 Å². The van der Waals surface area contributed by atoms with Crippen LogP contribution in [0.4, 0.5) is 13.2 Å². The first-order chi connectivity index (χ1) is 16.8. The fourth-order valence-electron chi connectivity index (χ4n) is 4.46. The van der Waals surface area contributed by atoms with Gasteiger partial charge in [0.05, 0.1) is 6.04 Å². The lowest BCUT2D eigenvalue weighted by Crippen LogP contribution is -2.51. The predicted molar refractivity (Wildman–Crippen MR) is 119 cm³/mol. The summed E-state index contributed by atoms with van der Waals surface area (Å²) in [6, 6.07) is 6.21. The van der Waals surface area contributed by atoms with E-state index < -0.39 is 35.5 Å². The zero-order valence-electron chi connectivity index (χ0n) is 18.8. The summed E-state index contributed by atoms with van der Waals surface area (Å²) in [6.07, 6.45) is 3.02. The van der Waals surface area contributed by atoms with E-state index in [1.165, 1.54) is 10.5 Å². The van der Waals surface area contributed by atoms with Crippen molar-refractivity contribution in [1.29, 1.82) is 0 Å². The van der Waals surface area contributed by atoms with E-state index in [2.05, 4.69) is 10.3 Å². The average Bonchev–Trinajstić information content (AvgIpc) is 3.53. The Kier molecular flexibility index (Phi) is 6.28. The van der Waals surface area contributed by atoms with Crippen LogP contribution in [0, 0.1) is 5.82 Å². The Morgan fingerprint density at radius 1 is 1.20 bits per heavy atom. The molecular weight excluding hydrogens is 465 g/mol. The van der Waals surface area contributed by atoms with Gasteiger partial charge in [-0.3, -0.25) is 4.79 Å². The summed E-state index contributed by atoms with van der Waals surface area (Å²) in [6.45, 7) is 1.93. The van der Waals surface area contributed by atoms with Gasteiger partial charge >= 0.3 is 5.92 Å². The van der Waals surface area contributed by atoms with E-state index in [0.717, 1.165) is 25.1 Å². The van der Waals surface area contributed by atoms with Gasteiger partial charge in [0.2, 0.25) is 0 Å². The molecule has 0 unspecified atom stereocenters. The van der Waals surface area contributed by atoms with Crippen molar-refractivity contribution in [2.75, 3.05) is 32.8 Å². The molecule has 35 heavy (non-hydrogen) atoms. The minimum absolute atomic E-state index is 0.0642. The number of imidazole rings is 1. The zero-order chi connectivity index (χ0) is 24.6. The molecule has 2 aromatic heterocycles. The number of benzene rings is 1. The number of hydrogen-bond donors (Lipinski definition) is 2. The maximum Gasteiger partial charge on any atom is 0.367 e. The minimum atomic E-state index is -3.95. The summed E-state index contributed by atoms with van der Waals surface area (Å²) >= 11 is 0. The van der Waals surface area contributed by atoms with Gasteiger partial charge in [-0.05, 0) is 55.8 Å². The molecule has 2 atom stereocenters. The van der Waals surface area contributed by atoms with E-state index in [9.17, 15) is 14.3 Å². The number of rotatable bonds is 7. The Morgan fingerprint density at radius 2 is 1.97 bits per heavy atom. The smallest absolute Gasteiger partial charge is 0.367 e. The maximum atomic E-state index is 15.1. The van der Waals surface area contributed by atoms with Gasteiger partial charge in [0.25, 0.3) is 5.91 Å². The number of nitrogens with zero attached hydrogens (tertiary/aromatic N) is 3. The van der Waals surface area contributed by atoms with Gasteiger partial charge in [-0.1, -0.05) is 6.07 Å². The second-order valence-electron chi connectivity index (χ2n) is 8.73. The van der Waals surface area contributed by atoms with Gasteiger partial charge < -0.3 is 29.2 Å². The molecule has 5 rings (SSSR count). The van der Waals surface area contributed by atoms with Crippen molar-refractivity contribution in [3.8, 4) is 11.5 Å². The first-order valence-corrected chi connectivity index (χ1v) is 11.5. The number of nitrogens with one attached hydrogen (secondary N) is 1. The van der Waals surface area contributed by atoms with E-state index in [1.807, 2.05) is 4.90 Å². The Balaban J connectivity index is 1.41. The van der Waals surface area contributed by atoms with Gasteiger partial charge in [0, 0.05) is 18.9 Å². The van der Waals surface area contributed by atoms with Gasteiger partial charge in [0.15, 0.2) is 17.3 Å². The third-order valence-corrected chi connectivity index (χ3v) is 6.28. The first-order valence-electron chi connectivity index (χ1n) is 11.5. The molecule has 0 spiro atoms. The molecule has 1 aromatic carbocycles. The quantitative estimate of drug-likeness (QED) is 0.530. The second-order valence-corrected chi connectivity index (χ2v) is 8.73. The monoisotopic (exact) mass is 490 g/mol. The number of likely N-dealkylation sites (tertiary alicyclic amines) is 1. The summed E-state index contributed by atoms with van der Waals surface area (Å²) in [7, 11) is 0. The summed E-state index contributed by atoms with van der Waals surface area (Å²) in [5.74, 6) is -6.23. The van der Waals surface area contributed by atoms with Crippen molar-refractivity contribution in [1.82, 2.24) is 19.6 Å².